The molecule has 5 nitrogen and oxygen atoms in total. The molecule has 1 saturated heterocycles. The van der Waals surface area contributed by atoms with Crippen molar-refractivity contribution in [3.63, 3.8) is 0 Å². The molecule has 0 bridgehead atoms. The van der Waals surface area contributed by atoms with Crippen molar-refractivity contribution >= 4 is 16.8 Å². The maximum Gasteiger partial charge on any atom is 0.193 e. The second-order valence-corrected chi connectivity index (χ2v) is 9.27. The van der Waals surface area contributed by atoms with E-state index in [1.807, 2.05) is 27.8 Å². The molecule has 130 valence electrons. The average Bonchev–Trinajstić information content (AvgIpc) is 2.89. The fraction of sp³-hybridized carbons (Fsp3) is 0.938. The molecule has 1 aliphatic rings. The van der Waals surface area contributed by atoms with Crippen LogP contribution in [0.2, 0.25) is 0 Å². The molecule has 2 atom stereocenters. The summed E-state index contributed by atoms with van der Waals surface area (Å²) in [6.45, 7) is 12.3. The predicted molar refractivity (Wildman–Crippen MR) is 97.0 cm³/mol. The second-order valence-electron chi connectivity index (χ2n) is 6.94. The number of nitrogens with zero attached hydrogens (tertiary/aromatic N) is 3. The Morgan fingerprint density at radius 1 is 1.45 bits per heavy atom. The summed E-state index contributed by atoms with van der Waals surface area (Å²) in [5, 5.41) is 3.34. The molecule has 1 N–H and O–H groups in total. The average molecular weight is 331 g/mol. The van der Waals surface area contributed by atoms with E-state index in [-0.39, 0.29) is 4.75 Å². The lowest BCUT2D eigenvalue weighted by molar-refractivity contribution is 0.233. The molecule has 2 unspecified atom stereocenters. The van der Waals surface area contributed by atoms with Crippen molar-refractivity contribution in [2.45, 2.75) is 51.3 Å². The van der Waals surface area contributed by atoms with Crippen molar-refractivity contribution < 1.29 is 4.21 Å². The molecule has 1 rings (SSSR count). The standard InChI is InChI=1S/C16H34N4OS/c1-7-20-11-8-9-14(20)13-19(6)15(17-5)18-10-12-22(21)16(2,3)4/h14H,7-13H2,1-6H3,(H,17,18). The molecular formula is C16H34N4OS. The zero-order valence-electron chi connectivity index (χ0n) is 15.2. The largest absolute Gasteiger partial charge is 0.355 e. The normalized spacial score (nSPS) is 21.9. The molecule has 0 aromatic rings. The molecule has 6 heteroatoms. The minimum absolute atomic E-state index is 0.150. The third-order valence-corrected chi connectivity index (χ3v) is 6.16. The summed E-state index contributed by atoms with van der Waals surface area (Å²) in [6.07, 6.45) is 2.56. The van der Waals surface area contributed by atoms with E-state index in [0.29, 0.717) is 18.3 Å². The maximum atomic E-state index is 12.1. The summed E-state index contributed by atoms with van der Waals surface area (Å²) in [5.41, 5.74) is 0. The monoisotopic (exact) mass is 330 g/mol. The van der Waals surface area contributed by atoms with Gasteiger partial charge in [0, 0.05) is 54.5 Å². The van der Waals surface area contributed by atoms with Crippen molar-refractivity contribution in [1.29, 1.82) is 0 Å². The number of likely N-dealkylation sites (N-methyl/N-ethyl adjacent to an activating group) is 2. The molecule has 0 aromatic carbocycles. The summed E-state index contributed by atoms with van der Waals surface area (Å²) in [5.74, 6) is 1.55. The Kier molecular flexibility index (Phi) is 7.83. The minimum Gasteiger partial charge on any atom is -0.355 e. The van der Waals surface area contributed by atoms with Gasteiger partial charge in [-0.25, -0.2) is 0 Å². The fourth-order valence-corrected chi connectivity index (χ4v) is 3.77. The van der Waals surface area contributed by atoms with Crippen LogP contribution in [0.4, 0.5) is 0 Å². The number of nitrogens with one attached hydrogen (secondary N) is 1. The smallest absolute Gasteiger partial charge is 0.193 e. The van der Waals surface area contributed by atoms with Crippen LogP contribution in [0.3, 0.4) is 0 Å². The fourth-order valence-electron chi connectivity index (χ4n) is 2.87. The summed E-state index contributed by atoms with van der Waals surface area (Å²) in [7, 11) is 3.07. The topological polar surface area (TPSA) is 47.9 Å². The highest BCUT2D eigenvalue weighted by atomic mass is 32.2. The molecule has 0 radical (unpaired) electrons. The molecule has 22 heavy (non-hydrogen) atoms. The van der Waals surface area contributed by atoms with Crippen LogP contribution >= 0.6 is 0 Å². The van der Waals surface area contributed by atoms with Gasteiger partial charge in [0.05, 0.1) is 0 Å². The lowest BCUT2D eigenvalue weighted by atomic mass is 10.2. The van der Waals surface area contributed by atoms with E-state index in [4.69, 9.17) is 0 Å². The van der Waals surface area contributed by atoms with E-state index in [0.717, 1.165) is 19.0 Å². The first-order chi connectivity index (χ1) is 10.3. The number of aliphatic imine (C=N–C) groups is 1. The second kappa shape index (κ2) is 8.87. The Bertz CT molecular complexity index is 392. The highest BCUT2D eigenvalue weighted by Gasteiger charge is 2.25. The first-order valence-corrected chi connectivity index (χ1v) is 9.65. The zero-order valence-corrected chi connectivity index (χ0v) is 16.0. The van der Waals surface area contributed by atoms with Crippen LogP contribution in [0.1, 0.15) is 40.5 Å². The van der Waals surface area contributed by atoms with Crippen LogP contribution < -0.4 is 5.32 Å². The molecule has 0 amide bonds. The third kappa shape index (κ3) is 5.88. The molecule has 0 spiro atoms. The van der Waals surface area contributed by atoms with Crippen LogP contribution in [0.5, 0.6) is 0 Å². The Balaban J connectivity index is 2.42. The summed E-state index contributed by atoms with van der Waals surface area (Å²) in [4.78, 5) is 9.09. The quantitative estimate of drug-likeness (QED) is 0.593. The maximum absolute atomic E-state index is 12.1. The van der Waals surface area contributed by atoms with Crippen LogP contribution in [0, 0.1) is 0 Å². The highest BCUT2D eigenvalue weighted by Crippen LogP contribution is 2.17. The van der Waals surface area contributed by atoms with Crippen molar-refractivity contribution in [3.05, 3.63) is 0 Å². The van der Waals surface area contributed by atoms with Gasteiger partial charge in [0.1, 0.15) is 0 Å². The van der Waals surface area contributed by atoms with Gasteiger partial charge in [0.2, 0.25) is 0 Å². The Labute approximate surface area is 139 Å². The van der Waals surface area contributed by atoms with Crippen molar-refractivity contribution in [2.24, 2.45) is 4.99 Å². The van der Waals surface area contributed by atoms with E-state index in [9.17, 15) is 4.21 Å². The van der Waals surface area contributed by atoms with Gasteiger partial charge in [-0.15, -0.1) is 0 Å². The van der Waals surface area contributed by atoms with Crippen molar-refractivity contribution in [3.8, 4) is 0 Å². The van der Waals surface area contributed by atoms with Gasteiger partial charge in [-0.1, -0.05) is 6.92 Å². The Hall–Kier alpha value is -0.620. The zero-order chi connectivity index (χ0) is 16.8. The predicted octanol–water partition coefficient (Wildman–Crippen LogP) is 1.53. The van der Waals surface area contributed by atoms with Crippen molar-refractivity contribution in [1.82, 2.24) is 15.1 Å². The van der Waals surface area contributed by atoms with Crippen LogP contribution in [0.15, 0.2) is 4.99 Å². The highest BCUT2D eigenvalue weighted by molar-refractivity contribution is 7.86. The first-order valence-electron chi connectivity index (χ1n) is 8.34. The Morgan fingerprint density at radius 2 is 2.14 bits per heavy atom. The van der Waals surface area contributed by atoms with Crippen LogP contribution in [-0.2, 0) is 10.8 Å². The molecule has 0 aromatic heterocycles. The summed E-state index contributed by atoms with van der Waals surface area (Å²) < 4.78 is 11.9. The molecule has 0 saturated carbocycles. The van der Waals surface area contributed by atoms with Gasteiger partial charge in [-0.2, -0.15) is 0 Å². The van der Waals surface area contributed by atoms with E-state index in [1.54, 1.807) is 0 Å². The first kappa shape index (κ1) is 19.4. The molecule has 1 fully saturated rings. The number of hydrogen-bond donors (Lipinski definition) is 1. The number of rotatable bonds is 6. The molecular weight excluding hydrogens is 296 g/mol. The van der Waals surface area contributed by atoms with Gasteiger partial charge in [0.15, 0.2) is 5.96 Å². The molecule has 0 aliphatic carbocycles. The van der Waals surface area contributed by atoms with E-state index in [2.05, 4.69) is 34.1 Å². The summed E-state index contributed by atoms with van der Waals surface area (Å²) >= 11 is 0. The van der Waals surface area contributed by atoms with Crippen molar-refractivity contribution in [2.75, 3.05) is 46.0 Å². The van der Waals surface area contributed by atoms with Gasteiger partial charge in [0.25, 0.3) is 0 Å². The van der Waals surface area contributed by atoms with Gasteiger partial charge >= 0.3 is 0 Å². The van der Waals surface area contributed by atoms with Gasteiger partial charge in [-0.05, 0) is 46.7 Å². The molecule has 1 heterocycles. The summed E-state index contributed by atoms with van der Waals surface area (Å²) in [6, 6.07) is 0.622. The number of hydrogen-bond acceptors (Lipinski definition) is 3. The Morgan fingerprint density at radius 3 is 2.68 bits per heavy atom. The van der Waals surface area contributed by atoms with Gasteiger partial charge < -0.3 is 10.2 Å². The van der Waals surface area contributed by atoms with Crippen LogP contribution in [0.25, 0.3) is 0 Å². The minimum atomic E-state index is -0.824. The third-order valence-electron chi connectivity index (χ3n) is 4.22. The van der Waals surface area contributed by atoms with Crippen LogP contribution in [-0.4, -0.2) is 76.8 Å². The SMILES string of the molecule is CCN1CCCC1CN(C)C(=NC)NCCS(=O)C(C)(C)C. The lowest BCUT2D eigenvalue weighted by Crippen LogP contribution is -2.46. The lowest BCUT2D eigenvalue weighted by Gasteiger charge is -2.30. The van der Waals surface area contributed by atoms with Gasteiger partial charge in [-0.3, -0.25) is 14.1 Å². The molecule has 1 aliphatic heterocycles. The van der Waals surface area contributed by atoms with E-state index < -0.39 is 10.8 Å². The number of likely N-dealkylation sites (tertiary alicyclic amines) is 1. The number of guanidine groups is 1. The van der Waals surface area contributed by atoms with E-state index in [1.165, 1.54) is 19.4 Å². The van der Waals surface area contributed by atoms with E-state index >= 15 is 0 Å².